The molecule has 28 heavy (non-hydrogen) atoms. The quantitative estimate of drug-likeness (QED) is 0.409. The van der Waals surface area contributed by atoms with Crippen molar-refractivity contribution in [2.75, 3.05) is 18.0 Å². The number of amides is 2. The van der Waals surface area contributed by atoms with E-state index in [1.165, 1.54) is 24.3 Å². The predicted octanol–water partition coefficient (Wildman–Crippen LogP) is 3.15. The van der Waals surface area contributed by atoms with E-state index >= 15 is 0 Å². The van der Waals surface area contributed by atoms with Gasteiger partial charge in [0, 0.05) is 13.1 Å². The van der Waals surface area contributed by atoms with Crippen LogP contribution in [0.4, 0.5) is 10.1 Å². The second kappa shape index (κ2) is 8.37. The molecule has 2 aliphatic rings. The van der Waals surface area contributed by atoms with Crippen molar-refractivity contribution in [1.29, 1.82) is 0 Å². The fourth-order valence-corrected chi connectivity index (χ4v) is 3.47. The third-order valence-corrected chi connectivity index (χ3v) is 4.94. The van der Waals surface area contributed by atoms with E-state index in [9.17, 15) is 18.8 Å². The summed E-state index contributed by atoms with van der Waals surface area (Å²) in [5.41, 5.74) is 0.292. The molecule has 0 N–H and O–H groups in total. The fourth-order valence-electron chi connectivity index (χ4n) is 3.47. The van der Waals surface area contributed by atoms with E-state index in [0.717, 1.165) is 17.7 Å². The summed E-state index contributed by atoms with van der Waals surface area (Å²) in [5, 5.41) is 0. The Morgan fingerprint density at radius 2 is 1.86 bits per heavy atom. The highest BCUT2D eigenvalue weighted by atomic mass is 19.1. The number of anilines is 1. The van der Waals surface area contributed by atoms with E-state index < -0.39 is 23.6 Å². The number of rotatable bonds is 7. The maximum atomic E-state index is 13.2. The smallest absolute Gasteiger partial charge is 0.312 e. The number of ether oxygens (including phenoxy) is 1. The summed E-state index contributed by atoms with van der Waals surface area (Å²) >= 11 is 0. The van der Waals surface area contributed by atoms with Gasteiger partial charge in [0.1, 0.15) is 5.82 Å². The van der Waals surface area contributed by atoms with E-state index in [-0.39, 0.29) is 29.5 Å². The number of allylic oxidation sites excluding steroid dienone is 2. The largest absolute Gasteiger partial charge is 0.418 e. The molecule has 1 aromatic rings. The lowest BCUT2D eigenvalue weighted by Crippen LogP contribution is -2.35. The maximum absolute atomic E-state index is 13.2. The molecule has 0 radical (unpaired) electrons. The molecule has 6 nitrogen and oxygen atoms in total. The lowest BCUT2D eigenvalue weighted by Gasteiger charge is -2.22. The molecule has 1 heterocycles. The first-order valence-corrected chi connectivity index (χ1v) is 9.47. The Labute approximate surface area is 163 Å². The number of carbonyl (C=O) groups excluding carboxylic acids is 3. The molecule has 1 aliphatic carbocycles. The average molecular weight is 386 g/mol. The maximum Gasteiger partial charge on any atom is 0.312 e. The number of hydrogen-bond acceptors (Lipinski definition) is 5. The van der Waals surface area contributed by atoms with Gasteiger partial charge in [-0.1, -0.05) is 12.2 Å². The van der Waals surface area contributed by atoms with Crippen LogP contribution in [0.5, 0.6) is 0 Å². The van der Waals surface area contributed by atoms with E-state index in [1.807, 2.05) is 26.0 Å². The summed E-state index contributed by atoms with van der Waals surface area (Å²) in [6.07, 6.45) is 5.92. The van der Waals surface area contributed by atoms with Gasteiger partial charge in [0.15, 0.2) is 5.70 Å². The van der Waals surface area contributed by atoms with Crippen LogP contribution in [0.1, 0.15) is 33.1 Å². The van der Waals surface area contributed by atoms with Crippen molar-refractivity contribution in [2.45, 2.75) is 33.1 Å². The van der Waals surface area contributed by atoms with Gasteiger partial charge in [-0.05, 0) is 56.9 Å². The number of imide groups is 1. The number of hydrogen-bond donors (Lipinski definition) is 0. The van der Waals surface area contributed by atoms with Crippen LogP contribution in [-0.2, 0) is 19.1 Å². The first kappa shape index (κ1) is 19.8. The van der Waals surface area contributed by atoms with E-state index in [2.05, 4.69) is 0 Å². The second-order valence-electron chi connectivity index (χ2n) is 6.72. The average Bonchev–Trinajstić information content (AvgIpc) is 3.26. The monoisotopic (exact) mass is 386 g/mol. The van der Waals surface area contributed by atoms with Gasteiger partial charge in [-0.15, -0.1) is 0 Å². The molecule has 0 spiro atoms. The Morgan fingerprint density at radius 3 is 2.43 bits per heavy atom. The van der Waals surface area contributed by atoms with E-state index in [1.54, 1.807) is 4.90 Å². The molecule has 7 heteroatoms. The lowest BCUT2D eigenvalue weighted by molar-refractivity contribution is -0.143. The van der Waals surface area contributed by atoms with Crippen LogP contribution in [0.3, 0.4) is 0 Å². The molecule has 0 aromatic heterocycles. The van der Waals surface area contributed by atoms with E-state index in [4.69, 9.17) is 4.74 Å². The Bertz CT molecular complexity index is 840. The molecular weight excluding hydrogens is 363 g/mol. The SMILES string of the molecule is CCN(CC)C1=C(OC(=O)C[C@@H]2C=CCC2)C(=O)N(c2ccc(F)cc2)C1=O. The van der Waals surface area contributed by atoms with Crippen molar-refractivity contribution in [2.24, 2.45) is 5.92 Å². The van der Waals surface area contributed by atoms with Gasteiger partial charge in [0.05, 0.1) is 12.1 Å². The van der Waals surface area contributed by atoms with Crippen molar-refractivity contribution >= 4 is 23.5 Å². The highest BCUT2D eigenvalue weighted by molar-refractivity contribution is 6.32. The number of esters is 1. The summed E-state index contributed by atoms with van der Waals surface area (Å²) < 4.78 is 18.7. The highest BCUT2D eigenvalue weighted by Crippen LogP contribution is 2.31. The van der Waals surface area contributed by atoms with Gasteiger partial charge in [-0.2, -0.15) is 0 Å². The van der Waals surface area contributed by atoms with Crippen molar-refractivity contribution in [3.05, 3.63) is 53.7 Å². The summed E-state index contributed by atoms with van der Waals surface area (Å²) in [5.74, 6) is -2.48. The molecule has 0 fully saturated rings. The van der Waals surface area contributed by atoms with Gasteiger partial charge in [-0.3, -0.25) is 14.4 Å². The molecule has 0 bridgehead atoms. The van der Waals surface area contributed by atoms with Crippen LogP contribution < -0.4 is 4.90 Å². The number of carbonyl (C=O) groups is 3. The summed E-state index contributed by atoms with van der Waals surface area (Å²) in [6.45, 7) is 4.62. The van der Waals surface area contributed by atoms with Crippen LogP contribution in [-0.4, -0.2) is 35.8 Å². The van der Waals surface area contributed by atoms with Crippen LogP contribution >= 0.6 is 0 Å². The van der Waals surface area contributed by atoms with Gasteiger partial charge in [-0.25, -0.2) is 9.29 Å². The van der Waals surface area contributed by atoms with Gasteiger partial charge in [0.25, 0.3) is 5.91 Å². The Hall–Kier alpha value is -2.96. The molecule has 1 atom stereocenters. The van der Waals surface area contributed by atoms with Crippen molar-refractivity contribution in [3.63, 3.8) is 0 Å². The minimum absolute atomic E-state index is 0.0645. The van der Waals surface area contributed by atoms with Gasteiger partial charge >= 0.3 is 11.9 Å². The Morgan fingerprint density at radius 1 is 1.18 bits per heavy atom. The molecule has 1 aliphatic heterocycles. The molecule has 148 valence electrons. The zero-order chi connectivity index (χ0) is 20.3. The molecule has 0 saturated heterocycles. The molecule has 3 rings (SSSR count). The number of benzene rings is 1. The van der Waals surface area contributed by atoms with Crippen molar-refractivity contribution in [3.8, 4) is 0 Å². The molecule has 0 saturated carbocycles. The zero-order valence-corrected chi connectivity index (χ0v) is 16.0. The molecular formula is C21H23FN2O4. The summed E-state index contributed by atoms with van der Waals surface area (Å²) in [6, 6.07) is 5.03. The normalized spacial score (nSPS) is 19.0. The number of likely N-dealkylation sites (N-methyl/N-ethyl adjacent to an activating group) is 1. The zero-order valence-electron chi connectivity index (χ0n) is 16.0. The summed E-state index contributed by atoms with van der Waals surface area (Å²) in [4.78, 5) is 41.0. The van der Waals surface area contributed by atoms with Crippen molar-refractivity contribution < 1.29 is 23.5 Å². The minimum Gasteiger partial charge on any atom is -0.418 e. The van der Waals surface area contributed by atoms with Crippen LogP contribution in [0.25, 0.3) is 0 Å². The van der Waals surface area contributed by atoms with E-state index in [0.29, 0.717) is 13.1 Å². The standard InChI is InChI=1S/C21H23FN2O4/c1-3-23(4-2)18-19(28-17(25)13-14-7-5-6-8-14)21(27)24(20(18)26)16-11-9-15(22)10-12-16/h5,7,9-12,14H,3-4,6,8,13H2,1-2H3/t14-/m1/s1. The molecule has 1 aromatic carbocycles. The number of halogens is 1. The predicted molar refractivity (Wildman–Crippen MR) is 101 cm³/mol. The summed E-state index contributed by atoms with van der Waals surface area (Å²) in [7, 11) is 0. The van der Waals surface area contributed by atoms with Gasteiger partial charge < -0.3 is 9.64 Å². The van der Waals surface area contributed by atoms with Crippen LogP contribution in [0.15, 0.2) is 47.9 Å². The number of nitrogens with zero attached hydrogens (tertiary/aromatic N) is 2. The minimum atomic E-state index is -0.714. The van der Waals surface area contributed by atoms with Crippen molar-refractivity contribution in [1.82, 2.24) is 4.90 Å². The second-order valence-corrected chi connectivity index (χ2v) is 6.72. The van der Waals surface area contributed by atoms with Gasteiger partial charge in [0.2, 0.25) is 5.76 Å². The first-order chi connectivity index (χ1) is 13.5. The molecule has 2 amide bonds. The third kappa shape index (κ3) is 3.83. The third-order valence-electron chi connectivity index (χ3n) is 4.94. The first-order valence-electron chi connectivity index (χ1n) is 9.47. The molecule has 0 unspecified atom stereocenters. The Kier molecular flexibility index (Phi) is 5.92. The Balaban J connectivity index is 1.90. The topological polar surface area (TPSA) is 66.9 Å². The lowest BCUT2D eigenvalue weighted by atomic mass is 10.1. The highest BCUT2D eigenvalue weighted by Gasteiger charge is 2.44. The fraction of sp³-hybridized carbons (Fsp3) is 0.381. The van der Waals surface area contributed by atoms with Crippen LogP contribution in [0, 0.1) is 11.7 Å². The van der Waals surface area contributed by atoms with Crippen LogP contribution in [0.2, 0.25) is 0 Å².